The number of rotatable bonds is 3. The second-order valence-electron chi connectivity index (χ2n) is 6.42. The lowest BCUT2D eigenvalue weighted by molar-refractivity contribution is 0.0746. The number of carbonyl (C=O) groups is 1. The number of piperazine rings is 1. The van der Waals surface area contributed by atoms with Gasteiger partial charge < -0.3 is 9.80 Å². The molecule has 3 aromatic rings. The minimum absolute atomic E-state index is 0.0452. The van der Waals surface area contributed by atoms with Gasteiger partial charge >= 0.3 is 0 Å². The van der Waals surface area contributed by atoms with E-state index < -0.39 is 0 Å². The van der Waals surface area contributed by atoms with Crippen molar-refractivity contribution in [1.82, 2.24) is 25.1 Å². The normalized spacial score (nSPS) is 14.5. The van der Waals surface area contributed by atoms with Crippen LogP contribution in [-0.2, 0) is 0 Å². The molecular formula is C19H20N6O. The molecule has 0 aliphatic carbocycles. The van der Waals surface area contributed by atoms with Crippen molar-refractivity contribution in [2.24, 2.45) is 0 Å². The maximum Gasteiger partial charge on any atom is 0.254 e. The van der Waals surface area contributed by atoms with E-state index in [0.717, 1.165) is 18.8 Å². The second-order valence-corrected chi connectivity index (χ2v) is 6.42. The molecule has 0 atom stereocenters. The Morgan fingerprint density at radius 3 is 2.46 bits per heavy atom. The number of nitrogens with zero attached hydrogens (tertiary/aromatic N) is 6. The van der Waals surface area contributed by atoms with Gasteiger partial charge in [-0.05, 0) is 53.2 Å². The number of hydrogen-bond acceptors (Lipinski definition) is 5. The van der Waals surface area contributed by atoms with Crippen LogP contribution in [0.5, 0.6) is 0 Å². The Balaban J connectivity index is 1.45. The molecule has 0 radical (unpaired) electrons. The van der Waals surface area contributed by atoms with E-state index in [4.69, 9.17) is 0 Å². The molecule has 1 saturated heterocycles. The monoisotopic (exact) mass is 348 g/mol. The zero-order valence-electron chi connectivity index (χ0n) is 14.6. The summed E-state index contributed by atoms with van der Waals surface area (Å²) >= 11 is 0. The summed E-state index contributed by atoms with van der Waals surface area (Å²) in [6, 6.07) is 15.9. The maximum atomic E-state index is 12.9. The predicted molar refractivity (Wildman–Crippen MR) is 98.4 cm³/mol. The van der Waals surface area contributed by atoms with Crippen LogP contribution in [0.1, 0.15) is 15.9 Å². The number of hydrogen-bond donors (Lipinski definition) is 0. The van der Waals surface area contributed by atoms with Crippen molar-refractivity contribution < 1.29 is 4.79 Å². The average Bonchev–Trinajstić information content (AvgIpc) is 3.23. The summed E-state index contributed by atoms with van der Waals surface area (Å²) < 4.78 is 1.55. The highest BCUT2D eigenvalue weighted by Crippen LogP contribution is 2.19. The minimum atomic E-state index is 0.0452. The molecule has 2 heterocycles. The zero-order valence-corrected chi connectivity index (χ0v) is 14.6. The van der Waals surface area contributed by atoms with Crippen LogP contribution in [0.25, 0.3) is 5.69 Å². The molecule has 0 bridgehead atoms. The number of anilines is 1. The van der Waals surface area contributed by atoms with E-state index in [1.807, 2.05) is 29.2 Å². The van der Waals surface area contributed by atoms with Gasteiger partial charge in [-0.25, -0.2) is 4.68 Å². The van der Waals surface area contributed by atoms with Gasteiger partial charge in [0.05, 0.1) is 5.69 Å². The van der Waals surface area contributed by atoms with Gasteiger partial charge in [0.1, 0.15) is 6.33 Å². The molecular weight excluding hydrogens is 328 g/mol. The first-order chi connectivity index (χ1) is 12.7. The largest absolute Gasteiger partial charge is 0.368 e. The summed E-state index contributed by atoms with van der Waals surface area (Å²) in [6.45, 7) is 5.19. The summed E-state index contributed by atoms with van der Waals surface area (Å²) in [5, 5.41) is 11.1. The molecule has 7 nitrogen and oxygen atoms in total. The number of tetrazole rings is 1. The lowest BCUT2D eigenvalue weighted by Crippen LogP contribution is -2.48. The molecule has 0 unspecified atom stereocenters. The summed E-state index contributed by atoms with van der Waals surface area (Å²) in [5.74, 6) is 0.0452. The van der Waals surface area contributed by atoms with Crippen LogP contribution in [-0.4, -0.2) is 57.2 Å². The fourth-order valence-electron chi connectivity index (χ4n) is 3.24. The van der Waals surface area contributed by atoms with Crippen molar-refractivity contribution >= 4 is 11.6 Å². The van der Waals surface area contributed by atoms with Crippen LogP contribution in [0, 0.1) is 6.92 Å². The van der Waals surface area contributed by atoms with Gasteiger partial charge in [0.2, 0.25) is 0 Å². The first kappa shape index (κ1) is 16.3. The van der Waals surface area contributed by atoms with Gasteiger partial charge in [-0.2, -0.15) is 0 Å². The highest BCUT2D eigenvalue weighted by atomic mass is 16.2. The maximum absolute atomic E-state index is 12.9. The summed E-state index contributed by atoms with van der Waals surface area (Å²) in [6.07, 6.45) is 1.52. The van der Waals surface area contributed by atoms with E-state index >= 15 is 0 Å². The Labute approximate surface area is 151 Å². The molecule has 1 amide bonds. The lowest BCUT2D eigenvalue weighted by atomic mass is 10.1. The smallest absolute Gasteiger partial charge is 0.254 e. The van der Waals surface area contributed by atoms with Crippen LogP contribution in [0.2, 0.25) is 0 Å². The molecule has 132 valence electrons. The van der Waals surface area contributed by atoms with Crippen LogP contribution < -0.4 is 4.90 Å². The molecule has 1 aliphatic heterocycles. The lowest BCUT2D eigenvalue weighted by Gasteiger charge is -2.36. The van der Waals surface area contributed by atoms with Crippen molar-refractivity contribution in [3.8, 4) is 5.69 Å². The molecule has 1 fully saturated rings. The topological polar surface area (TPSA) is 67.2 Å². The predicted octanol–water partition coefficient (Wildman–Crippen LogP) is 1.93. The number of aromatic nitrogens is 4. The summed E-state index contributed by atoms with van der Waals surface area (Å²) in [4.78, 5) is 17.1. The third-order valence-corrected chi connectivity index (χ3v) is 4.64. The van der Waals surface area contributed by atoms with E-state index in [9.17, 15) is 4.79 Å². The fraction of sp³-hybridized carbons (Fsp3) is 0.263. The second kappa shape index (κ2) is 6.95. The number of benzene rings is 2. The number of amides is 1. The molecule has 2 aromatic carbocycles. The summed E-state index contributed by atoms with van der Waals surface area (Å²) in [7, 11) is 0. The van der Waals surface area contributed by atoms with Crippen LogP contribution in [0.3, 0.4) is 0 Å². The first-order valence-electron chi connectivity index (χ1n) is 8.65. The molecule has 0 spiro atoms. The standard InChI is InChI=1S/C19H20N6O/c1-15-4-2-6-17(12-15)23-8-10-24(11-9-23)19(26)16-5-3-7-18(13-16)25-14-20-21-22-25/h2-7,12-14H,8-11H2,1H3. The fourth-order valence-corrected chi connectivity index (χ4v) is 3.24. The van der Waals surface area contributed by atoms with Crippen LogP contribution in [0.15, 0.2) is 54.9 Å². The number of aryl methyl sites for hydroxylation is 1. The van der Waals surface area contributed by atoms with Crippen molar-refractivity contribution in [2.45, 2.75) is 6.92 Å². The van der Waals surface area contributed by atoms with Crippen molar-refractivity contribution in [2.75, 3.05) is 31.1 Å². The Hall–Kier alpha value is -3.22. The Morgan fingerprint density at radius 2 is 1.73 bits per heavy atom. The summed E-state index contributed by atoms with van der Waals surface area (Å²) in [5.41, 5.74) is 3.90. The van der Waals surface area contributed by atoms with E-state index in [1.54, 1.807) is 4.68 Å². The SMILES string of the molecule is Cc1cccc(N2CCN(C(=O)c3cccc(-n4cnnn4)c3)CC2)c1. The van der Waals surface area contributed by atoms with Crippen molar-refractivity contribution in [1.29, 1.82) is 0 Å². The highest BCUT2D eigenvalue weighted by molar-refractivity contribution is 5.95. The molecule has 7 heteroatoms. The van der Waals surface area contributed by atoms with Crippen molar-refractivity contribution in [3.05, 3.63) is 66.0 Å². The molecule has 0 N–H and O–H groups in total. The van der Waals surface area contributed by atoms with E-state index in [2.05, 4.69) is 51.6 Å². The zero-order chi connectivity index (χ0) is 17.9. The molecule has 1 aliphatic rings. The van der Waals surface area contributed by atoms with Gasteiger partial charge in [-0.1, -0.05) is 18.2 Å². The van der Waals surface area contributed by atoms with Gasteiger partial charge in [0.15, 0.2) is 0 Å². The van der Waals surface area contributed by atoms with Crippen LogP contribution in [0.4, 0.5) is 5.69 Å². The van der Waals surface area contributed by atoms with Crippen LogP contribution >= 0.6 is 0 Å². The molecule has 0 saturated carbocycles. The minimum Gasteiger partial charge on any atom is -0.368 e. The van der Waals surface area contributed by atoms with Gasteiger partial charge in [0.25, 0.3) is 5.91 Å². The molecule has 1 aromatic heterocycles. The Morgan fingerprint density at radius 1 is 0.962 bits per heavy atom. The first-order valence-corrected chi connectivity index (χ1v) is 8.65. The third kappa shape index (κ3) is 3.28. The van der Waals surface area contributed by atoms with E-state index in [1.165, 1.54) is 17.6 Å². The number of carbonyl (C=O) groups excluding carboxylic acids is 1. The van der Waals surface area contributed by atoms with Crippen molar-refractivity contribution in [3.63, 3.8) is 0 Å². The Kier molecular flexibility index (Phi) is 4.35. The van der Waals surface area contributed by atoms with E-state index in [-0.39, 0.29) is 5.91 Å². The van der Waals surface area contributed by atoms with Gasteiger partial charge in [0, 0.05) is 37.4 Å². The average molecular weight is 348 g/mol. The third-order valence-electron chi connectivity index (χ3n) is 4.64. The Bertz CT molecular complexity index is 900. The highest BCUT2D eigenvalue weighted by Gasteiger charge is 2.22. The van der Waals surface area contributed by atoms with E-state index in [0.29, 0.717) is 18.7 Å². The quantitative estimate of drug-likeness (QED) is 0.724. The van der Waals surface area contributed by atoms with Gasteiger partial charge in [-0.3, -0.25) is 4.79 Å². The van der Waals surface area contributed by atoms with Gasteiger partial charge in [-0.15, -0.1) is 5.10 Å². The molecule has 4 rings (SSSR count). The molecule has 26 heavy (non-hydrogen) atoms.